The first-order chi connectivity index (χ1) is 17.2. The third-order valence-electron chi connectivity index (χ3n) is 5.87. The first kappa shape index (κ1) is 28.0. The predicted octanol–water partition coefficient (Wildman–Crippen LogP) is 2.30. The normalized spacial score (nSPS) is 14.8. The number of rotatable bonds is 9. The molecule has 0 radical (unpaired) electrons. The van der Waals surface area contributed by atoms with Crippen LogP contribution in [0.2, 0.25) is 0 Å². The van der Waals surface area contributed by atoms with Gasteiger partial charge >= 0.3 is 6.61 Å². The van der Waals surface area contributed by atoms with E-state index in [4.69, 9.17) is 0 Å². The van der Waals surface area contributed by atoms with Crippen LogP contribution in [-0.2, 0) is 29.8 Å². The van der Waals surface area contributed by atoms with Crippen molar-refractivity contribution >= 4 is 33.4 Å². The second-order valence-electron chi connectivity index (χ2n) is 9.13. The Hall–Kier alpha value is -3.61. The third-order valence-corrected chi connectivity index (χ3v) is 7.09. The average molecular weight is 539 g/mol. The number of aromatic nitrogens is 1. The molecule has 2 heterocycles. The van der Waals surface area contributed by atoms with Gasteiger partial charge in [-0.1, -0.05) is 38.1 Å². The van der Waals surface area contributed by atoms with E-state index in [0.29, 0.717) is 11.3 Å². The van der Waals surface area contributed by atoms with E-state index >= 15 is 0 Å². The van der Waals surface area contributed by atoms with Crippen LogP contribution in [-0.4, -0.2) is 61.5 Å². The Labute approximate surface area is 213 Å². The number of pyridine rings is 1. The Bertz CT molecular complexity index is 1310. The van der Waals surface area contributed by atoms with Crippen LogP contribution >= 0.6 is 0 Å². The Kier molecular flexibility index (Phi) is 8.16. The number of amides is 3. The van der Waals surface area contributed by atoms with E-state index in [9.17, 15) is 31.6 Å². The molecule has 0 saturated carbocycles. The summed E-state index contributed by atoms with van der Waals surface area (Å²) < 4.78 is 56.2. The van der Waals surface area contributed by atoms with Crippen LogP contribution in [0.3, 0.4) is 0 Å². The van der Waals surface area contributed by atoms with E-state index in [2.05, 4.69) is 15.0 Å². The van der Waals surface area contributed by atoms with Crippen LogP contribution in [0.5, 0.6) is 5.88 Å². The molecule has 1 aromatic carbocycles. The SMILES string of the molecule is CC(=O)NS(=O)(=O)CC(=O)N1CC(C(=O)Nc2ccc(C)nc2OC(F)F)(c2ccccc2C(C)C)C1. The van der Waals surface area contributed by atoms with Gasteiger partial charge in [-0.3, -0.25) is 19.1 Å². The molecule has 0 spiro atoms. The number of halogens is 2. The predicted molar refractivity (Wildman–Crippen MR) is 131 cm³/mol. The topological polar surface area (TPSA) is 135 Å². The van der Waals surface area contributed by atoms with Gasteiger partial charge in [0, 0.05) is 25.7 Å². The number of ether oxygens (including phenoxy) is 1. The summed E-state index contributed by atoms with van der Waals surface area (Å²) in [5.41, 5.74) is 0.473. The van der Waals surface area contributed by atoms with Gasteiger partial charge in [0.2, 0.25) is 33.6 Å². The number of likely N-dealkylation sites (tertiary alicyclic amines) is 1. The maximum absolute atomic E-state index is 13.7. The highest BCUT2D eigenvalue weighted by Gasteiger charge is 2.53. The summed E-state index contributed by atoms with van der Waals surface area (Å²) in [5, 5.41) is 2.61. The molecule has 1 saturated heterocycles. The van der Waals surface area contributed by atoms with Crippen molar-refractivity contribution in [2.24, 2.45) is 0 Å². The van der Waals surface area contributed by atoms with Crippen molar-refractivity contribution in [2.75, 3.05) is 24.2 Å². The molecule has 3 rings (SSSR count). The highest BCUT2D eigenvalue weighted by Crippen LogP contribution is 2.40. The molecule has 200 valence electrons. The first-order valence-electron chi connectivity index (χ1n) is 11.4. The fourth-order valence-corrected chi connectivity index (χ4v) is 5.23. The van der Waals surface area contributed by atoms with Gasteiger partial charge in [0.25, 0.3) is 0 Å². The molecule has 1 fully saturated rings. The molecule has 13 heteroatoms. The Morgan fingerprint density at radius 3 is 2.38 bits per heavy atom. The molecule has 1 aliphatic heterocycles. The van der Waals surface area contributed by atoms with Crippen LogP contribution in [0.15, 0.2) is 36.4 Å². The van der Waals surface area contributed by atoms with Crippen LogP contribution in [0, 0.1) is 6.92 Å². The van der Waals surface area contributed by atoms with Gasteiger partial charge in [-0.15, -0.1) is 0 Å². The van der Waals surface area contributed by atoms with E-state index in [0.717, 1.165) is 12.5 Å². The van der Waals surface area contributed by atoms with Crippen LogP contribution in [0.4, 0.5) is 14.5 Å². The fourth-order valence-electron chi connectivity index (χ4n) is 4.21. The molecule has 37 heavy (non-hydrogen) atoms. The van der Waals surface area contributed by atoms with Crippen LogP contribution in [0.25, 0.3) is 0 Å². The summed E-state index contributed by atoms with van der Waals surface area (Å²) in [4.78, 5) is 42.7. The summed E-state index contributed by atoms with van der Waals surface area (Å²) in [5.74, 6) is -3.64. The second-order valence-corrected chi connectivity index (χ2v) is 10.9. The second kappa shape index (κ2) is 10.8. The Balaban J connectivity index is 1.95. The average Bonchev–Trinajstić information content (AvgIpc) is 2.73. The molecule has 0 unspecified atom stereocenters. The molecule has 2 aromatic rings. The number of anilines is 1. The van der Waals surface area contributed by atoms with Crippen molar-refractivity contribution in [2.45, 2.75) is 45.6 Å². The third kappa shape index (κ3) is 6.40. The van der Waals surface area contributed by atoms with Crippen molar-refractivity contribution in [1.82, 2.24) is 14.6 Å². The zero-order chi connectivity index (χ0) is 27.5. The number of carbonyl (C=O) groups excluding carboxylic acids is 3. The first-order valence-corrected chi connectivity index (χ1v) is 13.0. The Morgan fingerprint density at radius 2 is 1.78 bits per heavy atom. The quantitative estimate of drug-likeness (QED) is 0.500. The molecular formula is C24H28F2N4O6S. The van der Waals surface area contributed by atoms with Crippen LogP contribution < -0.4 is 14.8 Å². The lowest BCUT2D eigenvalue weighted by atomic mass is 9.69. The zero-order valence-electron chi connectivity index (χ0n) is 20.7. The zero-order valence-corrected chi connectivity index (χ0v) is 21.6. The summed E-state index contributed by atoms with van der Waals surface area (Å²) in [6.07, 6.45) is 0. The smallest absolute Gasteiger partial charge is 0.388 e. The number of sulfonamides is 1. The van der Waals surface area contributed by atoms with E-state index < -0.39 is 51.4 Å². The van der Waals surface area contributed by atoms with Gasteiger partial charge in [-0.25, -0.2) is 13.4 Å². The monoisotopic (exact) mass is 538 g/mol. The number of aryl methyl sites for hydroxylation is 1. The van der Waals surface area contributed by atoms with Crippen LogP contribution in [0.1, 0.15) is 43.5 Å². The minimum absolute atomic E-state index is 0.00420. The number of hydrogen-bond acceptors (Lipinski definition) is 7. The molecule has 3 amide bonds. The molecule has 0 bridgehead atoms. The lowest BCUT2D eigenvalue weighted by molar-refractivity contribution is -0.141. The molecule has 2 N–H and O–H groups in total. The lowest BCUT2D eigenvalue weighted by Gasteiger charge is -2.50. The van der Waals surface area contributed by atoms with Crippen molar-refractivity contribution in [3.8, 4) is 5.88 Å². The number of nitrogens with zero attached hydrogens (tertiary/aromatic N) is 2. The number of carbonyl (C=O) groups is 3. The molecule has 10 nitrogen and oxygen atoms in total. The fraction of sp³-hybridized carbons (Fsp3) is 0.417. The largest absolute Gasteiger partial charge is 0.415 e. The minimum Gasteiger partial charge on any atom is -0.415 e. The molecule has 1 aromatic heterocycles. The number of nitrogens with one attached hydrogen (secondary N) is 2. The van der Waals surface area contributed by atoms with E-state index in [1.807, 2.05) is 26.0 Å². The van der Waals surface area contributed by atoms with E-state index in [-0.39, 0.29) is 24.7 Å². The van der Waals surface area contributed by atoms with Crippen molar-refractivity contribution in [3.63, 3.8) is 0 Å². The summed E-state index contributed by atoms with van der Waals surface area (Å²) in [6.45, 7) is 2.96. The van der Waals surface area contributed by atoms with Gasteiger partial charge < -0.3 is 15.0 Å². The summed E-state index contributed by atoms with van der Waals surface area (Å²) in [7, 11) is -4.20. The maximum atomic E-state index is 13.7. The Morgan fingerprint density at radius 1 is 1.14 bits per heavy atom. The van der Waals surface area contributed by atoms with Crippen molar-refractivity contribution < 1.29 is 36.3 Å². The maximum Gasteiger partial charge on any atom is 0.388 e. The summed E-state index contributed by atoms with van der Waals surface area (Å²) in [6, 6.07) is 10.0. The van der Waals surface area contributed by atoms with Gasteiger partial charge in [0.15, 0.2) is 0 Å². The van der Waals surface area contributed by atoms with Gasteiger partial charge in [0.1, 0.15) is 16.9 Å². The highest BCUT2D eigenvalue weighted by atomic mass is 32.2. The number of benzene rings is 1. The van der Waals surface area contributed by atoms with Crippen molar-refractivity contribution in [3.05, 3.63) is 53.2 Å². The highest BCUT2D eigenvalue weighted by molar-refractivity contribution is 7.90. The number of alkyl halides is 2. The van der Waals surface area contributed by atoms with E-state index in [1.54, 1.807) is 23.8 Å². The molecule has 0 aliphatic carbocycles. The minimum atomic E-state index is -4.20. The lowest BCUT2D eigenvalue weighted by Crippen LogP contribution is -2.67. The van der Waals surface area contributed by atoms with Gasteiger partial charge in [-0.05, 0) is 36.1 Å². The van der Waals surface area contributed by atoms with Gasteiger partial charge in [0.05, 0.1) is 0 Å². The number of hydrogen-bond donors (Lipinski definition) is 2. The summed E-state index contributed by atoms with van der Waals surface area (Å²) >= 11 is 0. The van der Waals surface area contributed by atoms with Gasteiger partial charge in [-0.2, -0.15) is 8.78 Å². The standard InChI is InChI=1S/C24H28F2N4O6S/c1-14(2)17-7-5-6-8-18(17)24(12-30(13-24)20(32)11-37(34,35)29-16(4)31)22(33)28-19-10-9-15(3)27-21(19)36-23(25)26/h5-10,14,23H,11-13H2,1-4H3,(H,28,33)(H,29,31). The molecule has 1 aliphatic rings. The van der Waals surface area contributed by atoms with E-state index in [1.165, 1.54) is 17.0 Å². The van der Waals surface area contributed by atoms with Crippen molar-refractivity contribution in [1.29, 1.82) is 0 Å². The molecular weight excluding hydrogens is 510 g/mol. The molecule has 0 atom stereocenters.